The first-order valence-electron chi connectivity index (χ1n) is 9.04. The molecule has 1 fully saturated rings. The second-order valence-corrected chi connectivity index (χ2v) is 6.82. The molecule has 2 heterocycles. The van der Waals surface area contributed by atoms with Crippen molar-refractivity contribution in [1.82, 2.24) is 15.0 Å². The smallest absolute Gasteiger partial charge is 0.147 e. The minimum Gasteiger partial charge on any atom is -0.488 e. The largest absolute Gasteiger partial charge is 0.488 e. The van der Waals surface area contributed by atoms with Gasteiger partial charge in [0.25, 0.3) is 0 Å². The minimum atomic E-state index is 0.187. The van der Waals surface area contributed by atoms with Crippen LogP contribution in [0.5, 0.6) is 5.75 Å². The normalized spacial score (nSPS) is 20.0. The fourth-order valence-electron chi connectivity index (χ4n) is 3.52. The Bertz CT molecular complexity index is 906. The Kier molecular flexibility index (Phi) is 4.56. The number of nitrogens with two attached hydrogens (primary N) is 1. The van der Waals surface area contributed by atoms with Crippen molar-refractivity contribution >= 4 is 22.4 Å². The van der Waals surface area contributed by atoms with Gasteiger partial charge >= 0.3 is 0 Å². The van der Waals surface area contributed by atoms with Crippen LogP contribution in [-0.2, 0) is 0 Å². The van der Waals surface area contributed by atoms with Gasteiger partial charge in [-0.05, 0) is 50.8 Å². The Labute approximate surface area is 152 Å². The Morgan fingerprint density at radius 3 is 2.73 bits per heavy atom. The molecule has 0 unspecified atom stereocenters. The van der Waals surface area contributed by atoms with E-state index >= 15 is 0 Å². The third kappa shape index (κ3) is 3.69. The first-order valence-corrected chi connectivity index (χ1v) is 9.04. The van der Waals surface area contributed by atoms with Crippen LogP contribution in [0, 0.1) is 6.92 Å². The van der Waals surface area contributed by atoms with Crippen LogP contribution in [0.2, 0.25) is 0 Å². The van der Waals surface area contributed by atoms with Crippen molar-refractivity contribution in [2.45, 2.75) is 44.8 Å². The summed E-state index contributed by atoms with van der Waals surface area (Å²) in [6.45, 7) is 1.90. The number of anilines is 2. The van der Waals surface area contributed by atoms with Crippen molar-refractivity contribution in [2.75, 3.05) is 11.1 Å². The number of nitrogen functional groups attached to an aromatic ring is 1. The molecule has 1 aromatic carbocycles. The van der Waals surface area contributed by atoms with E-state index in [0.29, 0.717) is 11.7 Å². The molecule has 6 nitrogen and oxygen atoms in total. The third-order valence-electron chi connectivity index (χ3n) is 4.79. The number of nitrogens with one attached hydrogen (secondary N) is 1. The lowest BCUT2D eigenvalue weighted by molar-refractivity contribution is 0.152. The molecule has 0 spiro atoms. The van der Waals surface area contributed by atoms with Crippen LogP contribution in [0.1, 0.15) is 31.5 Å². The number of hydrogen-bond acceptors (Lipinski definition) is 6. The second-order valence-electron chi connectivity index (χ2n) is 6.82. The predicted octanol–water partition coefficient (Wildman–Crippen LogP) is 3.72. The van der Waals surface area contributed by atoms with Gasteiger partial charge in [-0.25, -0.2) is 9.97 Å². The number of aryl methyl sites for hydroxylation is 1. The highest BCUT2D eigenvalue weighted by Crippen LogP contribution is 2.31. The zero-order chi connectivity index (χ0) is 17.9. The molecule has 3 N–H and O–H groups in total. The number of pyridine rings is 1. The first-order chi connectivity index (χ1) is 12.7. The Morgan fingerprint density at radius 1 is 1.08 bits per heavy atom. The van der Waals surface area contributed by atoms with Crippen molar-refractivity contribution in [3.63, 3.8) is 0 Å². The van der Waals surface area contributed by atoms with Crippen molar-refractivity contribution in [3.05, 3.63) is 48.5 Å². The molecule has 0 atom stereocenters. The van der Waals surface area contributed by atoms with Gasteiger partial charge in [-0.2, -0.15) is 0 Å². The molecular formula is C20H23N5O. The molecular weight excluding hydrogens is 326 g/mol. The standard InChI is InChI=1S/C20H23N5O/c1-13-22-10-8-19(24-13)25-16-4-6-17(7-5-16)26-18-12-15(21)11-14-3-2-9-23-20(14)18/h2-3,8-12,16-17H,4-7,21H2,1H3,(H,22,24,25). The van der Waals surface area contributed by atoms with Crippen LogP contribution < -0.4 is 15.8 Å². The van der Waals surface area contributed by atoms with E-state index in [-0.39, 0.29) is 6.10 Å². The lowest BCUT2D eigenvalue weighted by atomic mass is 9.93. The SMILES string of the molecule is Cc1nccc(NC2CCC(Oc3cc(N)cc4cccnc34)CC2)n1. The minimum absolute atomic E-state index is 0.187. The van der Waals surface area contributed by atoms with Crippen molar-refractivity contribution < 1.29 is 4.74 Å². The highest BCUT2D eigenvalue weighted by molar-refractivity contribution is 5.87. The summed E-state index contributed by atoms with van der Waals surface area (Å²) in [5, 5.41) is 4.52. The third-order valence-corrected chi connectivity index (χ3v) is 4.79. The van der Waals surface area contributed by atoms with Crippen LogP contribution in [0.3, 0.4) is 0 Å². The summed E-state index contributed by atoms with van der Waals surface area (Å²) in [4.78, 5) is 13.0. The van der Waals surface area contributed by atoms with Crippen LogP contribution in [0.15, 0.2) is 42.7 Å². The fourth-order valence-corrected chi connectivity index (χ4v) is 3.52. The number of nitrogens with zero attached hydrogens (tertiary/aromatic N) is 3. The number of hydrogen-bond donors (Lipinski definition) is 2. The molecule has 3 aromatic rings. The fraction of sp³-hybridized carbons (Fsp3) is 0.350. The number of rotatable bonds is 4. The monoisotopic (exact) mass is 349 g/mol. The van der Waals surface area contributed by atoms with Gasteiger partial charge in [0, 0.05) is 35.6 Å². The van der Waals surface area contributed by atoms with Gasteiger partial charge < -0.3 is 15.8 Å². The highest BCUT2D eigenvalue weighted by atomic mass is 16.5. The molecule has 0 amide bonds. The highest BCUT2D eigenvalue weighted by Gasteiger charge is 2.23. The first kappa shape index (κ1) is 16.6. The van der Waals surface area contributed by atoms with Gasteiger partial charge in [0.1, 0.15) is 22.9 Å². The quantitative estimate of drug-likeness (QED) is 0.698. The van der Waals surface area contributed by atoms with Crippen molar-refractivity contribution in [1.29, 1.82) is 0 Å². The van der Waals surface area contributed by atoms with Crippen LogP contribution in [0.4, 0.5) is 11.5 Å². The molecule has 0 bridgehead atoms. The van der Waals surface area contributed by atoms with E-state index in [4.69, 9.17) is 10.5 Å². The lowest BCUT2D eigenvalue weighted by Gasteiger charge is -2.30. The van der Waals surface area contributed by atoms with Crippen LogP contribution in [0.25, 0.3) is 10.9 Å². The summed E-state index contributed by atoms with van der Waals surface area (Å²) in [6.07, 6.45) is 7.83. The summed E-state index contributed by atoms with van der Waals surface area (Å²) in [5.41, 5.74) is 7.60. The zero-order valence-electron chi connectivity index (χ0n) is 14.9. The number of aromatic nitrogens is 3. The van der Waals surface area contributed by atoms with Crippen molar-refractivity contribution in [3.8, 4) is 5.75 Å². The maximum atomic E-state index is 6.27. The molecule has 0 radical (unpaired) electrons. The van der Waals surface area contributed by atoms with Gasteiger partial charge in [-0.1, -0.05) is 6.07 Å². The molecule has 1 aliphatic rings. The molecule has 1 saturated carbocycles. The molecule has 0 aliphatic heterocycles. The Balaban J connectivity index is 1.40. The molecule has 2 aromatic heterocycles. The Hall–Kier alpha value is -2.89. The number of fused-ring (bicyclic) bond motifs is 1. The molecule has 4 rings (SSSR count). The summed E-state index contributed by atoms with van der Waals surface area (Å²) in [6, 6.07) is 10.1. The van der Waals surface area contributed by atoms with Crippen LogP contribution >= 0.6 is 0 Å². The average molecular weight is 349 g/mol. The zero-order valence-corrected chi connectivity index (χ0v) is 14.9. The maximum Gasteiger partial charge on any atom is 0.147 e. The summed E-state index contributed by atoms with van der Waals surface area (Å²) >= 11 is 0. The van der Waals surface area contributed by atoms with E-state index in [1.54, 1.807) is 12.4 Å². The molecule has 6 heteroatoms. The topological polar surface area (TPSA) is 86.0 Å². The molecule has 26 heavy (non-hydrogen) atoms. The van der Waals surface area contributed by atoms with Crippen molar-refractivity contribution in [2.24, 2.45) is 0 Å². The van der Waals surface area contributed by atoms with Gasteiger partial charge in [-0.3, -0.25) is 4.98 Å². The summed E-state index contributed by atoms with van der Waals surface area (Å²) in [5.74, 6) is 2.46. The van der Waals surface area contributed by atoms with E-state index < -0.39 is 0 Å². The number of benzene rings is 1. The van der Waals surface area contributed by atoms with Gasteiger partial charge in [0.05, 0.1) is 6.10 Å². The lowest BCUT2D eigenvalue weighted by Crippen LogP contribution is -2.31. The summed E-state index contributed by atoms with van der Waals surface area (Å²) < 4.78 is 6.27. The van der Waals surface area contributed by atoms with Gasteiger partial charge in [-0.15, -0.1) is 0 Å². The van der Waals surface area contributed by atoms with E-state index in [0.717, 1.165) is 54.0 Å². The molecule has 0 saturated heterocycles. The molecule has 134 valence electrons. The Morgan fingerprint density at radius 2 is 1.92 bits per heavy atom. The number of ether oxygens (including phenoxy) is 1. The van der Waals surface area contributed by atoms with Gasteiger partial charge in [0.2, 0.25) is 0 Å². The maximum absolute atomic E-state index is 6.27. The van der Waals surface area contributed by atoms with Crippen LogP contribution in [-0.4, -0.2) is 27.1 Å². The van der Waals surface area contributed by atoms with E-state index in [2.05, 4.69) is 20.3 Å². The predicted molar refractivity (Wildman–Crippen MR) is 103 cm³/mol. The van der Waals surface area contributed by atoms with Gasteiger partial charge in [0.15, 0.2) is 0 Å². The van der Waals surface area contributed by atoms with E-state index in [9.17, 15) is 0 Å². The molecule has 1 aliphatic carbocycles. The summed E-state index contributed by atoms with van der Waals surface area (Å²) in [7, 11) is 0. The average Bonchev–Trinajstić information content (AvgIpc) is 2.63. The second kappa shape index (κ2) is 7.15. The van der Waals surface area contributed by atoms with E-state index in [1.165, 1.54) is 0 Å². The van der Waals surface area contributed by atoms with E-state index in [1.807, 2.05) is 37.3 Å².